The van der Waals surface area contributed by atoms with E-state index < -0.39 is 0 Å². The van der Waals surface area contributed by atoms with Gasteiger partial charge >= 0.3 is 5.97 Å². The molecule has 0 bridgehead atoms. The molecule has 2 saturated carbocycles. The molecule has 0 aromatic carbocycles. The van der Waals surface area contributed by atoms with Gasteiger partial charge in [-0.2, -0.15) is 0 Å². The van der Waals surface area contributed by atoms with Crippen molar-refractivity contribution in [3.05, 3.63) is 23.3 Å². The summed E-state index contributed by atoms with van der Waals surface area (Å²) < 4.78 is 5.53. The second kappa shape index (κ2) is 6.22. The zero-order valence-electron chi connectivity index (χ0n) is 16.8. The van der Waals surface area contributed by atoms with Gasteiger partial charge in [-0.05, 0) is 74.0 Å². The summed E-state index contributed by atoms with van der Waals surface area (Å²) in [5.41, 5.74) is 3.61. The third-order valence-electron chi connectivity index (χ3n) is 8.45. The molecule has 4 aliphatic carbocycles. The van der Waals surface area contributed by atoms with Crippen LogP contribution >= 0.6 is 0 Å². The number of esters is 1. The first-order valence-electron chi connectivity index (χ1n) is 10.5. The van der Waals surface area contributed by atoms with Crippen LogP contribution in [-0.4, -0.2) is 23.3 Å². The molecule has 0 aliphatic heterocycles. The minimum absolute atomic E-state index is 0.0718. The summed E-state index contributed by atoms with van der Waals surface area (Å²) in [7, 11) is 0. The number of rotatable bonds is 2. The number of aliphatic hydroxyl groups excluding tert-OH is 1. The van der Waals surface area contributed by atoms with E-state index in [9.17, 15) is 9.90 Å². The lowest BCUT2D eigenvalue weighted by Gasteiger charge is -2.56. The van der Waals surface area contributed by atoms with E-state index in [4.69, 9.17) is 4.74 Å². The van der Waals surface area contributed by atoms with Gasteiger partial charge in [-0.1, -0.05) is 37.1 Å². The Labute approximate surface area is 157 Å². The lowest BCUT2D eigenvalue weighted by atomic mass is 9.48. The average Bonchev–Trinajstić information content (AvgIpc) is 2.92. The standard InChI is InChI=1S/C23H34O3/c1-14(24)19-7-8-20-18-6-5-16-13-17(26-15(2)25)9-11-22(16,3)21(18)10-12-23(19,20)4/h5,8,14,17-19,21,24H,6-7,9-13H2,1-4H3. The Morgan fingerprint density at radius 2 is 1.92 bits per heavy atom. The van der Waals surface area contributed by atoms with E-state index in [2.05, 4.69) is 26.0 Å². The maximum Gasteiger partial charge on any atom is 0.302 e. The van der Waals surface area contributed by atoms with Crippen LogP contribution in [0.2, 0.25) is 0 Å². The maximum atomic E-state index is 11.4. The van der Waals surface area contributed by atoms with Crippen molar-refractivity contribution in [3.63, 3.8) is 0 Å². The highest BCUT2D eigenvalue weighted by atomic mass is 16.5. The first-order valence-corrected chi connectivity index (χ1v) is 10.5. The fourth-order valence-corrected chi connectivity index (χ4v) is 7.07. The van der Waals surface area contributed by atoms with Crippen molar-refractivity contribution in [2.24, 2.45) is 28.6 Å². The molecular formula is C23H34O3. The lowest BCUT2D eigenvalue weighted by Crippen LogP contribution is -2.49. The van der Waals surface area contributed by atoms with E-state index in [0.29, 0.717) is 17.8 Å². The van der Waals surface area contributed by atoms with Gasteiger partial charge in [0.15, 0.2) is 0 Å². The van der Waals surface area contributed by atoms with Crippen LogP contribution < -0.4 is 0 Å². The Morgan fingerprint density at radius 1 is 1.19 bits per heavy atom. The smallest absolute Gasteiger partial charge is 0.302 e. The Bertz CT molecular complexity index is 660. The molecule has 2 fully saturated rings. The fraction of sp³-hybridized carbons (Fsp3) is 0.783. The first kappa shape index (κ1) is 18.3. The highest BCUT2D eigenvalue weighted by Crippen LogP contribution is 2.64. The molecule has 0 amide bonds. The number of ether oxygens (including phenoxy) is 1. The van der Waals surface area contributed by atoms with Crippen molar-refractivity contribution in [1.29, 1.82) is 0 Å². The number of hydrogen-bond donors (Lipinski definition) is 1. The zero-order valence-corrected chi connectivity index (χ0v) is 16.8. The van der Waals surface area contributed by atoms with Gasteiger partial charge in [-0.3, -0.25) is 4.79 Å². The van der Waals surface area contributed by atoms with Crippen LogP contribution in [0.1, 0.15) is 72.6 Å². The molecule has 0 spiro atoms. The minimum Gasteiger partial charge on any atom is -0.462 e. The monoisotopic (exact) mass is 358 g/mol. The third-order valence-corrected chi connectivity index (χ3v) is 8.45. The van der Waals surface area contributed by atoms with Crippen LogP contribution in [0.15, 0.2) is 23.3 Å². The molecule has 7 unspecified atom stereocenters. The summed E-state index contributed by atoms with van der Waals surface area (Å²) in [4.78, 5) is 11.4. The molecule has 4 rings (SSSR count). The summed E-state index contributed by atoms with van der Waals surface area (Å²) in [5.74, 6) is 1.57. The molecule has 7 atom stereocenters. The normalized spacial score (nSPS) is 45.6. The van der Waals surface area contributed by atoms with Crippen LogP contribution in [0.5, 0.6) is 0 Å². The zero-order chi connectivity index (χ0) is 18.7. The first-order chi connectivity index (χ1) is 12.3. The van der Waals surface area contributed by atoms with Gasteiger partial charge in [0.25, 0.3) is 0 Å². The quantitative estimate of drug-likeness (QED) is 0.570. The van der Waals surface area contributed by atoms with Crippen LogP contribution in [-0.2, 0) is 9.53 Å². The predicted molar refractivity (Wildman–Crippen MR) is 102 cm³/mol. The number of allylic oxidation sites excluding steroid dienone is 3. The van der Waals surface area contributed by atoms with E-state index >= 15 is 0 Å². The van der Waals surface area contributed by atoms with Crippen molar-refractivity contribution in [1.82, 2.24) is 0 Å². The van der Waals surface area contributed by atoms with E-state index in [1.54, 1.807) is 5.57 Å². The fourth-order valence-electron chi connectivity index (χ4n) is 7.07. The van der Waals surface area contributed by atoms with Crippen molar-refractivity contribution >= 4 is 5.97 Å². The minimum atomic E-state index is -0.227. The summed E-state index contributed by atoms with van der Waals surface area (Å²) in [6, 6.07) is 0. The number of carbonyl (C=O) groups excluding carboxylic acids is 1. The molecule has 3 heteroatoms. The van der Waals surface area contributed by atoms with Gasteiger partial charge in [0.05, 0.1) is 6.10 Å². The van der Waals surface area contributed by atoms with Crippen molar-refractivity contribution in [2.45, 2.75) is 84.8 Å². The molecule has 1 N–H and O–H groups in total. The molecule has 0 aromatic heterocycles. The van der Waals surface area contributed by atoms with E-state index in [-0.39, 0.29) is 29.0 Å². The summed E-state index contributed by atoms with van der Waals surface area (Å²) >= 11 is 0. The van der Waals surface area contributed by atoms with Gasteiger partial charge in [0.2, 0.25) is 0 Å². The number of hydrogen-bond acceptors (Lipinski definition) is 3. The van der Waals surface area contributed by atoms with E-state index in [0.717, 1.165) is 32.1 Å². The number of carbonyl (C=O) groups is 1. The topological polar surface area (TPSA) is 46.5 Å². The van der Waals surface area contributed by atoms with Gasteiger partial charge in [-0.25, -0.2) is 0 Å². The van der Waals surface area contributed by atoms with Gasteiger partial charge in [0.1, 0.15) is 6.10 Å². The Kier molecular flexibility index (Phi) is 4.38. The van der Waals surface area contributed by atoms with Crippen molar-refractivity contribution < 1.29 is 14.6 Å². The molecule has 4 aliphatic rings. The summed E-state index contributed by atoms with van der Waals surface area (Å²) in [6.45, 7) is 8.35. The molecule has 26 heavy (non-hydrogen) atoms. The average molecular weight is 359 g/mol. The molecule has 0 saturated heterocycles. The number of aliphatic hydroxyl groups is 1. The van der Waals surface area contributed by atoms with E-state index in [1.165, 1.54) is 25.3 Å². The molecule has 0 heterocycles. The molecule has 0 radical (unpaired) electrons. The van der Waals surface area contributed by atoms with Crippen LogP contribution in [0.3, 0.4) is 0 Å². The number of fused-ring (bicyclic) bond motifs is 5. The second-order valence-electron chi connectivity index (χ2n) is 9.77. The van der Waals surface area contributed by atoms with Gasteiger partial charge in [0, 0.05) is 13.3 Å². The van der Waals surface area contributed by atoms with Crippen LogP contribution in [0.4, 0.5) is 0 Å². The Morgan fingerprint density at radius 3 is 2.62 bits per heavy atom. The SMILES string of the molecule is CC(=O)OC1CCC2(C)C(=CCC3C4=CCC(C(C)O)C4(C)CCC32)C1. The molecular weight excluding hydrogens is 324 g/mol. The van der Waals surface area contributed by atoms with Crippen molar-refractivity contribution in [2.75, 3.05) is 0 Å². The van der Waals surface area contributed by atoms with Crippen LogP contribution in [0, 0.1) is 28.6 Å². The van der Waals surface area contributed by atoms with Gasteiger partial charge < -0.3 is 9.84 Å². The second-order valence-corrected chi connectivity index (χ2v) is 9.77. The third kappa shape index (κ3) is 2.61. The van der Waals surface area contributed by atoms with Gasteiger partial charge in [-0.15, -0.1) is 0 Å². The summed E-state index contributed by atoms with van der Waals surface area (Å²) in [5, 5.41) is 10.3. The Hall–Kier alpha value is -1.09. The Balaban J connectivity index is 1.60. The highest BCUT2D eigenvalue weighted by Gasteiger charge is 2.56. The van der Waals surface area contributed by atoms with E-state index in [1.807, 2.05) is 6.92 Å². The maximum absolute atomic E-state index is 11.4. The molecule has 144 valence electrons. The van der Waals surface area contributed by atoms with Crippen LogP contribution in [0.25, 0.3) is 0 Å². The highest BCUT2D eigenvalue weighted by molar-refractivity contribution is 5.66. The predicted octanol–water partition coefficient (Wildman–Crippen LogP) is 4.80. The summed E-state index contributed by atoms with van der Waals surface area (Å²) in [6.07, 6.45) is 12.4. The van der Waals surface area contributed by atoms with Crippen molar-refractivity contribution in [3.8, 4) is 0 Å². The molecule has 0 aromatic rings. The largest absolute Gasteiger partial charge is 0.462 e. The molecule has 3 nitrogen and oxygen atoms in total. The lowest BCUT2D eigenvalue weighted by molar-refractivity contribution is -0.148.